The topological polar surface area (TPSA) is 62.3 Å². The molecule has 0 aliphatic rings. The summed E-state index contributed by atoms with van der Waals surface area (Å²) in [5.74, 6) is -0.367. The Balaban J connectivity index is 1.54. The van der Waals surface area contributed by atoms with Crippen molar-refractivity contribution in [3.63, 3.8) is 0 Å². The summed E-state index contributed by atoms with van der Waals surface area (Å²) in [5, 5.41) is 5.54. The molecule has 0 aliphatic carbocycles. The van der Waals surface area contributed by atoms with Crippen molar-refractivity contribution in [1.29, 1.82) is 0 Å². The monoisotopic (exact) mass is 365 g/mol. The summed E-state index contributed by atoms with van der Waals surface area (Å²) in [6.45, 7) is 0.00338. The second kappa shape index (κ2) is 8.40. The number of amides is 2. The molecular weight excluding hydrogens is 346 g/mol. The van der Waals surface area contributed by atoms with Gasteiger partial charge in [-0.2, -0.15) is 0 Å². The summed E-state index contributed by atoms with van der Waals surface area (Å²) in [4.78, 5) is 30.3. The standard InChI is InChI=1S/C20H19N3O2S/c1-23(13-18(24)21-16-10-6-3-7-11-16)19(25)12-17-14-26-20(22-17)15-8-4-2-5-9-15/h2-11,14H,12-13H2,1H3,(H,21,24). The average Bonchev–Trinajstić information content (AvgIpc) is 3.11. The number of para-hydroxylation sites is 1. The lowest BCUT2D eigenvalue weighted by Crippen LogP contribution is -2.35. The molecule has 0 fully saturated rings. The molecule has 1 N–H and O–H groups in total. The Bertz CT molecular complexity index is 878. The van der Waals surface area contributed by atoms with Crippen molar-refractivity contribution < 1.29 is 9.59 Å². The van der Waals surface area contributed by atoms with Crippen LogP contribution in [0.5, 0.6) is 0 Å². The largest absolute Gasteiger partial charge is 0.336 e. The first kappa shape index (κ1) is 17.8. The fourth-order valence-corrected chi connectivity index (χ4v) is 3.24. The normalized spacial score (nSPS) is 10.3. The van der Waals surface area contributed by atoms with Gasteiger partial charge in [0, 0.05) is 23.7 Å². The minimum Gasteiger partial charge on any atom is -0.336 e. The highest BCUT2D eigenvalue weighted by Crippen LogP contribution is 2.23. The Kier molecular flexibility index (Phi) is 5.76. The zero-order valence-corrected chi connectivity index (χ0v) is 15.2. The fourth-order valence-electron chi connectivity index (χ4n) is 2.42. The third kappa shape index (κ3) is 4.77. The number of hydrogen-bond donors (Lipinski definition) is 1. The van der Waals surface area contributed by atoms with Crippen LogP contribution in [0.25, 0.3) is 10.6 Å². The van der Waals surface area contributed by atoms with Crippen LogP contribution in [0.2, 0.25) is 0 Å². The van der Waals surface area contributed by atoms with Crippen molar-refractivity contribution in [3.05, 3.63) is 71.7 Å². The number of nitrogens with one attached hydrogen (secondary N) is 1. The van der Waals surface area contributed by atoms with Gasteiger partial charge in [-0.05, 0) is 12.1 Å². The highest BCUT2D eigenvalue weighted by Gasteiger charge is 2.15. The fraction of sp³-hybridized carbons (Fsp3) is 0.150. The van der Waals surface area contributed by atoms with Gasteiger partial charge < -0.3 is 10.2 Å². The number of carbonyl (C=O) groups excluding carboxylic acids is 2. The van der Waals surface area contributed by atoms with Crippen molar-refractivity contribution in [2.75, 3.05) is 18.9 Å². The number of carbonyl (C=O) groups is 2. The maximum Gasteiger partial charge on any atom is 0.243 e. The number of anilines is 1. The van der Waals surface area contributed by atoms with Gasteiger partial charge in [0.15, 0.2) is 0 Å². The van der Waals surface area contributed by atoms with Crippen LogP contribution < -0.4 is 5.32 Å². The van der Waals surface area contributed by atoms with Crippen LogP contribution in [0.1, 0.15) is 5.69 Å². The molecular formula is C20H19N3O2S. The number of rotatable bonds is 6. The zero-order chi connectivity index (χ0) is 18.4. The van der Waals surface area contributed by atoms with E-state index in [1.165, 1.54) is 16.2 Å². The van der Waals surface area contributed by atoms with Gasteiger partial charge >= 0.3 is 0 Å². The summed E-state index contributed by atoms with van der Waals surface area (Å²) in [7, 11) is 1.62. The summed E-state index contributed by atoms with van der Waals surface area (Å²) in [6.07, 6.45) is 0.179. The lowest BCUT2D eigenvalue weighted by Gasteiger charge is -2.16. The highest BCUT2D eigenvalue weighted by molar-refractivity contribution is 7.13. The van der Waals surface area contributed by atoms with Crippen LogP contribution in [0.15, 0.2) is 66.0 Å². The van der Waals surface area contributed by atoms with Crippen molar-refractivity contribution in [3.8, 4) is 10.6 Å². The van der Waals surface area contributed by atoms with Crippen LogP contribution >= 0.6 is 11.3 Å². The second-order valence-corrected chi connectivity index (χ2v) is 6.71. The molecule has 1 aromatic heterocycles. The maximum atomic E-state index is 12.4. The van der Waals surface area contributed by atoms with E-state index >= 15 is 0 Å². The van der Waals surface area contributed by atoms with Gasteiger partial charge in [-0.25, -0.2) is 4.98 Å². The number of hydrogen-bond acceptors (Lipinski definition) is 4. The molecule has 26 heavy (non-hydrogen) atoms. The predicted octanol–water partition coefficient (Wildman–Crippen LogP) is 3.45. The van der Waals surface area contributed by atoms with Gasteiger partial charge in [-0.1, -0.05) is 48.5 Å². The minimum atomic E-state index is -0.227. The molecule has 0 saturated carbocycles. The Morgan fingerprint density at radius 2 is 1.69 bits per heavy atom. The molecule has 3 aromatic rings. The second-order valence-electron chi connectivity index (χ2n) is 5.85. The molecule has 0 bridgehead atoms. The summed E-state index contributed by atoms with van der Waals surface area (Å²) in [5.41, 5.74) is 2.46. The summed E-state index contributed by atoms with van der Waals surface area (Å²) in [6, 6.07) is 19.0. The molecule has 0 spiro atoms. The molecule has 0 aliphatic heterocycles. The first-order valence-corrected chi connectivity index (χ1v) is 9.08. The van der Waals surface area contributed by atoms with Crippen LogP contribution in [0.3, 0.4) is 0 Å². The van der Waals surface area contributed by atoms with E-state index in [1.54, 1.807) is 19.2 Å². The van der Waals surface area contributed by atoms with Crippen molar-refractivity contribution in [2.45, 2.75) is 6.42 Å². The molecule has 5 nitrogen and oxygen atoms in total. The zero-order valence-electron chi connectivity index (χ0n) is 14.4. The first-order chi connectivity index (χ1) is 12.6. The van der Waals surface area contributed by atoms with E-state index in [9.17, 15) is 9.59 Å². The van der Waals surface area contributed by atoms with Gasteiger partial charge in [-0.3, -0.25) is 9.59 Å². The molecule has 0 saturated heterocycles. The molecule has 132 valence electrons. The Morgan fingerprint density at radius 3 is 2.38 bits per heavy atom. The van der Waals surface area contributed by atoms with Gasteiger partial charge in [0.25, 0.3) is 0 Å². The van der Waals surface area contributed by atoms with Crippen molar-refractivity contribution in [1.82, 2.24) is 9.88 Å². The number of benzene rings is 2. The van der Waals surface area contributed by atoms with E-state index in [1.807, 2.05) is 53.9 Å². The van der Waals surface area contributed by atoms with E-state index < -0.39 is 0 Å². The maximum absolute atomic E-state index is 12.4. The van der Waals surface area contributed by atoms with Crippen LogP contribution in [-0.4, -0.2) is 35.3 Å². The van der Waals surface area contributed by atoms with E-state index in [2.05, 4.69) is 10.3 Å². The molecule has 6 heteroatoms. The smallest absolute Gasteiger partial charge is 0.243 e. The van der Waals surface area contributed by atoms with E-state index in [4.69, 9.17) is 0 Å². The SMILES string of the molecule is CN(CC(=O)Nc1ccccc1)C(=O)Cc1csc(-c2ccccc2)n1. The first-order valence-electron chi connectivity index (χ1n) is 8.20. The summed E-state index contributed by atoms with van der Waals surface area (Å²) < 4.78 is 0. The van der Waals surface area contributed by atoms with Crippen molar-refractivity contribution >= 4 is 28.8 Å². The van der Waals surface area contributed by atoms with Gasteiger partial charge in [0.2, 0.25) is 11.8 Å². The average molecular weight is 365 g/mol. The quantitative estimate of drug-likeness (QED) is 0.728. The lowest BCUT2D eigenvalue weighted by atomic mass is 10.2. The molecule has 2 aromatic carbocycles. The van der Waals surface area contributed by atoms with Crippen LogP contribution in [0.4, 0.5) is 5.69 Å². The third-order valence-electron chi connectivity index (χ3n) is 3.77. The number of likely N-dealkylation sites (N-methyl/N-ethyl adjacent to an activating group) is 1. The van der Waals surface area contributed by atoms with Gasteiger partial charge in [0.1, 0.15) is 5.01 Å². The predicted molar refractivity (Wildman–Crippen MR) is 104 cm³/mol. The molecule has 3 rings (SSSR count). The highest BCUT2D eigenvalue weighted by atomic mass is 32.1. The molecule has 0 radical (unpaired) electrons. The number of nitrogens with zero attached hydrogens (tertiary/aromatic N) is 2. The van der Waals surface area contributed by atoms with Crippen LogP contribution in [-0.2, 0) is 16.0 Å². The van der Waals surface area contributed by atoms with Crippen molar-refractivity contribution in [2.24, 2.45) is 0 Å². The van der Waals surface area contributed by atoms with E-state index in [0.29, 0.717) is 11.4 Å². The Morgan fingerprint density at radius 1 is 1.04 bits per heavy atom. The Hall–Kier alpha value is -2.99. The Labute approximate surface area is 156 Å². The van der Waals surface area contributed by atoms with E-state index in [0.717, 1.165) is 10.6 Å². The van der Waals surface area contributed by atoms with Gasteiger partial charge in [-0.15, -0.1) is 11.3 Å². The molecule has 1 heterocycles. The minimum absolute atomic E-state index is 0.00338. The lowest BCUT2D eigenvalue weighted by molar-refractivity contribution is -0.132. The van der Waals surface area contributed by atoms with E-state index in [-0.39, 0.29) is 24.8 Å². The van der Waals surface area contributed by atoms with Crippen LogP contribution in [0, 0.1) is 0 Å². The van der Waals surface area contributed by atoms with Gasteiger partial charge in [0.05, 0.1) is 18.7 Å². The third-order valence-corrected chi connectivity index (χ3v) is 4.71. The number of aromatic nitrogens is 1. The summed E-state index contributed by atoms with van der Waals surface area (Å²) >= 11 is 1.51. The molecule has 0 unspecified atom stereocenters. The number of thiazole rings is 1. The molecule has 2 amide bonds. The molecule has 0 atom stereocenters.